The lowest BCUT2D eigenvalue weighted by atomic mass is 9.98. The topological polar surface area (TPSA) is 29.5 Å². The van der Waals surface area contributed by atoms with Gasteiger partial charge in [0.2, 0.25) is 0 Å². The third-order valence-electron chi connectivity index (χ3n) is 1.62. The second-order valence-electron chi connectivity index (χ2n) is 5.31. The summed E-state index contributed by atoms with van der Waals surface area (Å²) in [7, 11) is 0. The zero-order chi connectivity index (χ0) is 11.6. The highest BCUT2D eigenvalue weighted by Crippen LogP contribution is 2.20. The molecule has 0 N–H and O–H groups in total. The van der Waals surface area contributed by atoms with E-state index >= 15 is 0 Å². The molecule has 0 heterocycles. The zero-order valence-corrected chi connectivity index (χ0v) is 10.0. The minimum Gasteiger partial charge on any atom is -0.340 e. The van der Waals surface area contributed by atoms with Crippen molar-refractivity contribution in [2.24, 2.45) is 5.41 Å². The van der Waals surface area contributed by atoms with Crippen molar-refractivity contribution < 1.29 is 9.63 Å². The number of hydrogen-bond acceptors (Lipinski definition) is 3. The molecule has 0 aliphatic rings. The molecule has 0 saturated heterocycles. The van der Waals surface area contributed by atoms with Crippen LogP contribution in [0.1, 0.15) is 41.5 Å². The summed E-state index contributed by atoms with van der Waals surface area (Å²) >= 11 is 0. The van der Waals surface area contributed by atoms with E-state index in [2.05, 4.69) is 6.58 Å². The summed E-state index contributed by atoms with van der Waals surface area (Å²) in [5.74, 6) is -0.257. The predicted octanol–water partition coefficient (Wildman–Crippen LogP) is 2.73. The molecule has 0 radical (unpaired) electrons. The summed E-state index contributed by atoms with van der Waals surface area (Å²) in [5.41, 5.74) is -0.755. The van der Waals surface area contributed by atoms with Crippen molar-refractivity contribution >= 4 is 5.97 Å². The Morgan fingerprint density at radius 2 is 1.64 bits per heavy atom. The van der Waals surface area contributed by atoms with Crippen LogP contribution in [0.4, 0.5) is 0 Å². The molecule has 3 heteroatoms. The monoisotopic (exact) mass is 199 g/mol. The van der Waals surface area contributed by atoms with Crippen LogP contribution in [-0.2, 0) is 9.63 Å². The van der Waals surface area contributed by atoms with Crippen LogP contribution in [0.15, 0.2) is 12.8 Å². The van der Waals surface area contributed by atoms with E-state index in [4.69, 9.17) is 4.84 Å². The van der Waals surface area contributed by atoms with Crippen LogP contribution >= 0.6 is 0 Å². The van der Waals surface area contributed by atoms with Crippen LogP contribution in [0.2, 0.25) is 0 Å². The molecule has 3 nitrogen and oxygen atoms in total. The number of carbonyl (C=O) groups excluding carboxylic acids is 1. The second-order valence-corrected chi connectivity index (χ2v) is 5.31. The second kappa shape index (κ2) is 4.03. The van der Waals surface area contributed by atoms with Crippen LogP contribution in [0.25, 0.3) is 0 Å². The molecule has 0 spiro atoms. The molecule has 0 aliphatic carbocycles. The predicted molar refractivity (Wildman–Crippen MR) is 57.3 cm³/mol. The smallest absolute Gasteiger partial charge is 0.337 e. The van der Waals surface area contributed by atoms with Crippen molar-refractivity contribution in [3.63, 3.8) is 0 Å². The van der Waals surface area contributed by atoms with Crippen LogP contribution in [0.3, 0.4) is 0 Å². The molecule has 0 aromatic rings. The quantitative estimate of drug-likeness (QED) is 0.640. The first kappa shape index (κ1) is 13.0. The molecule has 0 unspecified atom stereocenters. The summed E-state index contributed by atoms with van der Waals surface area (Å²) in [6, 6.07) is 0. The molecular weight excluding hydrogens is 178 g/mol. The highest BCUT2D eigenvalue weighted by molar-refractivity contribution is 5.75. The van der Waals surface area contributed by atoms with Crippen molar-refractivity contribution in [3.05, 3.63) is 12.8 Å². The fourth-order valence-corrected chi connectivity index (χ4v) is 0.674. The van der Waals surface area contributed by atoms with Gasteiger partial charge in [-0.3, -0.25) is 0 Å². The molecule has 0 atom stereocenters. The summed E-state index contributed by atoms with van der Waals surface area (Å²) in [6.07, 6.45) is 1.52. The Labute approximate surface area is 86.7 Å². The van der Waals surface area contributed by atoms with Gasteiger partial charge in [0.15, 0.2) is 0 Å². The Kier molecular flexibility index (Phi) is 3.74. The minimum absolute atomic E-state index is 0.257. The molecule has 14 heavy (non-hydrogen) atoms. The maximum Gasteiger partial charge on any atom is 0.337 e. The van der Waals surface area contributed by atoms with Gasteiger partial charge >= 0.3 is 5.97 Å². The number of rotatable bonds is 2. The summed E-state index contributed by atoms with van der Waals surface area (Å²) in [4.78, 5) is 16.8. The largest absolute Gasteiger partial charge is 0.340 e. The van der Waals surface area contributed by atoms with E-state index in [1.54, 1.807) is 0 Å². The standard InChI is InChI=1S/C11H21NO2/c1-8-12(11(5,6)7)14-9(13)10(2,3)4/h8H,1H2,2-7H3. The Balaban J connectivity index is 4.51. The summed E-state index contributed by atoms with van der Waals surface area (Å²) in [5, 5.41) is 1.47. The van der Waals surface area contributed by atoms with Crippen molar-refractivity contribution in [3.8, 4) is 0 Å². The van der Waals surface area contributed by atoms with E-state index in [1.165, 1.54) is 11.3 Å². The maximum atomic E-state index is 11.6. The van der Waals surface area contributed by atoms with E-state index in [9.17, 15) is 4.79 Å². The fourth-order valence-electron chi connectivity index (χ4n) is 0.674. The molecule has 0 bridgehead atoms. The summed E-state index contributed by atoms with van der Waals surface area (Å²) < 4.78 is 0. The van der Waals surface area contributed by atoms with Crippen LogP contribution in [0, 0.1) is 5.41 Å². The first-order valence-corrected chi connectivity index (χ1v) is 4.73. The molecule has 0 fully saturated rings. The first-order chi connectivity index (χ1) is 6.09. The molecule has 0 aliphatic heterocycles. The van der Waals surface area contributed by atoms with E-state index < -0.39 is 5.41 Å². The Hall–Kier alpha value is -0.990. The van der Waals surface area contributed by atoms with Crippen molar-refractivity contribution in [2.45, 2.75) is 47.1 Å². The lowest BCUT2D eigenvalue weighted by Gasteiger charge is -2.33. The number of carbonyl (C=O) groups is 1. The highest BCUT2D eigenvalue weighted by atomic mass is 16.7. The highest BCUT2D eigenvalue weighted by Gasteiger charge is 2.29. The van der Waals surface area contributed by atoms with Gasteiger partial charge in [0.25, 0.3) is 0 Å². The normalized spacial score (nSPS) is 12.1. The van der Waals surface area contributed by atoms with Crippen molar-refractivity contribution in [1.82, 2.24) is 5.06 Å². The molecule has 0 aromatic carbocycles. The van der Waals surface area contributed by atoms with Crippen LogP contribution < -0.4 is 0 Å². The minimum atomic E-state index is -0.494. The van der Waals surface area contributed by atoms with E-state index in [-0.39, 0.29) is 11.5 Å². The van der Waals surface area contributed by atoms with Gasteiger partial charge in [-0.15, -0.1) is 0 Å². The third kappa shape index (κ3) is 3.81. The zero-order valence-electron chi connectivity index (χ0n) is 10.0. The lowest BCUT2D eigenvalue weighted by molar-refractivity contribution is -0.205. The van der Waals surface area contributed by atoms with Crippen LogP contribution in [-0.4, -0.2) is 16.6 Å². The third-order valence-corrected chi connectivity index (χ3v) is 1.62. The van der Waals surface area contributed by atoms with Gasteiger partial charge in [0.05, 0.1) is 11.0 Å². The Morgan fingerprint density at radius 3 is 1.86 bits per heavy atom. The van der Waals surface area contributed by atoms with Gasteiger partial charge in [0, 0.05) is 6.20 Å². The van der Waals surface area contributed by atoms with E-state index in [0.717, 1.165) is 0 Å². The average Bonchev–Trinajstić information content (AvgIpc) is 1.95. The van der Waals surface area contributed by atoms with Gasteiger partial charge in [-0.2, -0.15) is 0 Å². The number of hydrogen-bond donors (Lipinski definition) is 0. The van der Waals surface area contributed by atoms with E-state index in [0.29, 0.717) is 0 Å². The van der Waals surface area contributed by atoms with Gasteiger partial charge in [-0.1, -0.05) is 6.58 Å². The molecule has 0 rings (SSSR count). The van der Waals surface area contributed by atoms with E-state index in [1.807, 2.05) is 41.5 Å². The maximum absolute atomic E-state index is 11.6. The van der Waals surface area contributed by atoms with Gasteiger partial charge in [-0.05, 0) is 41.5 Å². The van der Waals surface area contributed by atoms with Crippen molar-refractivity contribution in [2.75, 3.05) is 0 Å². The SMILES string of the molecule is C=CN(OC(=O)C(C)(C)C)C(C)(C)C. The Morgan fingerprint density at radius 1 is 1.21 bits per heavy atom. The van der Waals surface area contributed by atoms with Crippen molar-refractivity contribution in [1.29, 1.82) is 0 Å². The lowest BCUT2D eigenvalue weighted by Crippen LogP contribution is -2.41. The molecule has 82 valence electrons. The Bertz CT molecular complexity index is 220. The number of nitrogens with zero attached hydrogens (tertiary/aromatic N) is 1. The van der Waals surface area contributed by atoms with Gasteiger partial charge < -0.3 is 4.84 Å². The average molecular weight is 199 g/mol. The summed E-state index contributed by atoms with van der Waals surface area (Å²) in [6.45, 7) is 14.9. The van der Waals surface area contributed by atoms with Gasteiger partial charge in [0.1, 0.15) is 0 Å². The first-order valence-electron chi connectivity index (χ1n) is 4.73. The number of hydroxylamine groups is 2. The van der Waals surface area contributed by atoms with Gasteiger partial charge in [-0.25, -0.2) is 9.86 Å². The molecule has 0 saturated carbocycles. The van der Waals surface area contributed by atoms with Crippen LogP contribution in [0.5, 0.6) is 0 Å². The molecule has 0 aromatic heterocycles. The molecular formula is C11H21NO2. The molecule has 0 amide bonds. The fraction of sp³-hybridized carbons (Fsp3) is 0.727.